The van der Waals surface area contributed by atoms with Gasteiger partial charge in [0.25, 0.3) is 5.91 Å². The number of sulfonamides is 1. The molecule has 3 rings (SSSR count). The molecule has 0 saturated heterocycles. The van der Waals surface area contributed by atoms with Gasteiger partial charge >= 0.3 is 0 Å². The molecule has 8 nitrogen and oxygen atoms in total. The van der Waals surface area contributed by atoms with Crippen LogP contribution in [0.5, 0.6) is 0 Å². The number of nitrogens with zero attached hydrogens (tertiary/aromatic N) is 2. The van der Waals surface area contributed by atoms with Crippen molar-refractivity contribution in [2.24, 2.45) is 0 Å². The predicted molar refractivity (Wildman–Crippen MR) is 129 cm³/mol. The lowest BCUT2D eigenvalue weighted by Gasteiger charge is -2.28. The molecule has 0 spiro atoms. The molecule has 0 aliphatic heterocycles. The first-order chi connectivity index (χ1) is 15.7. The normalized spacial score (nSPS) is 12.0. The molecule has 0 saturated carbocycles. The second-order valence-corrected chi connectivity index (χ2v) is 9.59. The minimum Gasteiger partial charge on any atom is -0.348 e. The maximum atomic E-state index is 13.0. The molecular formula is C23H23ClN4O4S. The maximum Gasteiger partial charge on any atom is 0.253 e. The summed E-state index contributed by atoms with van der Waals surface area (Å²) in [7, 11) is -3.79. The molecule has 1 aromatic heterocycles. The van der Waals surface area contributed by atoms with Crippen LogP contribution in [0.25, 0.3) is 0 Å². The first-order valence-electron chi connectivity index (χ1n) is 9.99. The summed E-state index contributed by atoms with van der Waals surface area (Å²) in [5.41, 5.74) is 1.64. The molecule has 2 amide bonds. The number of amides is 2. The van der Waals surface area contributed by atoms with Crippen molar-refractivity contribution in [1.29, 1.82) is 0 Å². The Balaban J connectivity index is 1.79. The summed E-state index contributed by atoms with van der Waals surface area (Å²) in [6.07, 6.45) is 4.30. The summed E-state index contributed by atoms with van der Waals surface area (Å²) in [5.74, 6) is -0.983. The fourth-order valence-electron chi connectivity index (χ4n) is 3.20. The van der Waals surface area contributed by atoms with Gasteiger partial charge in [-0.3, -0.25) is 18.9 Å². The fraction of sp³-hybridized carbons (Fsp3) is 0.174. The molecular weight excluding hydrogens is 464 g/mol. The van der Waals surface area contributed by atoms with E-state index in [1.54, 1.807) is 54.9 Å². The summed E-state index contributed by atoms with van der Waals surface area (Å²) in [4.78, 5) is 29.8. The van der Waals surface area contributed by atoms with Crippen molar-refractivity contribution < 1.29 is 18.0 Å². The Morgan fingerprint density at radius 2 is 1.76 bits per heavy atom. The number of rotatable bonds is 8. The lowest BCUT2D eigenvalue weighted by Crippen LogP contribution is -2.45. The van der Waals surface area contributed by atoms with Gasteiger partial charge in [0, 0.05) is 24.0 Å². The molecule has 0 aliphatic rings. The molecule has 1 heterocycles. The molecule has 2 aromatic carbocycles. The van der Waals surface area contributed by atoms with Crippen molar-refractivity contribution in [2.45, 2.75) is 19.5 Å². The first kappa shape index (κ1) is 24.2. The SMILES string of the molecule is C[C@H](C(=O)Nc1ccccc1C(=O)NCc1cccnc1)N(c1ccc(Cl)cc1)S(C)(=O)=O. The predicted octanol–water partition coefficient (Wildman–Crippen LogP) is 3.46. The van der Waals surface area contributed by atoms with Gasteiger partial charge in [0.05, 0.1) is 23.2 Å². The Morgan fingerprint density at radius 3 is 2.39 bits per heavy atom. The van der Waals surface area contributed by atoms with Crippen LogP contribution in [0.2, 0.25) is 5.02 Å². The molecule has 33 heavy (non-hydrogen) atoms. The summed E-state index contributed by atoms with van der Waals surface area (Å²) in [6, 6.07) is 15.1. The van der Waals surface area contributed by atoms with Crippen molar-refractivity contribution in [1.82, 2.24) is 10.3 Å². The zero-order chi connectivity index (χ0) is 24.0. The van der Waals surface area contributed by atoms with E-state index in [9.17, 15) is 18.0 Å². The highest BCUT2D eigenvalue weighted by Gasteiger charge is 2.29. The van der Waals surface area contributed by atoms with Crippen molar-refractivity contribution in [2.75, 3.05) is 15.9 Å². The molecule has 0 fully saturated rings. The average molecular weight is 487 g/mol. The van der Waals surface area contributed by atoms with Crippen molar-refractivity contribution in [3.05, 3.63) is 89.2 Å². The van der Waals surface area contributed by atoms with Crippen LogP contribution in [-0.4, -0.2) is 37.5 Å². The standard InChI is InChI=1S/C23H23ClN4O4S/c1-16(28(33(2,31)32)19-11-9-18(24)10-12-19)22(29)27-21-8-4-3-7-20(21)23(30)26-15-17-6-5-13-25-14-17/h3-14,16H,15H2,1-2H3,(H,26,30)(H,27,29)/t16-/m1/s1. The number of anilines is 2. The van der Waals surface area contributed by atoms with Crippen LogP contribution in [0.1, 0.15) is 22.8 Å². The molecule has 3 aromatic rings. The van der Waals surface area contributed by atoms with E-state index in [-0.39, 0.29) is 23.7 Å². The first-order valence-corrected chi connectivity index (χ1v) is 12.2. The summed E-state index contributed by atoms with van der Waals surface area (Å²) in [5, 5.41) is 5.91. The number of carbonyl (C=O) groups is 2. The third-order valence-corrected chi connectivity index (χ3v) is 6.27. The molecule has 1 atom stereocenters. The largest absolute Gasteiger partial charge is 0.348 e. The van der Waals surface area contributed by atoms with E-state index < -0.39 is 22.0 Å². The number of benzene rings is 2. The van der Waals surface area contributed by atoms with Gasteiger partial charge in [-0.15, -0.1) is 0 Å². The summed E-state index contributed by atoms with van der Waals surface area (Å²) < 4.78 is 25.9. The second-order valence-electron chi connectivity index (χ2n) is 7.29. The zero-order valence-corrected chi connectivity index (χ0v) is 19.6. The number of hydrogen-bond donors (Lipinski definition) is 2. The minimum atomic E-state index is -3.79. The number of nitrogens with one attached hydrogen (secondary N) is 2. The van der Waals surface area contributed by atoms with Gasteiger partial charge in [0.2, 0.25) is 15.9 Å². The Hall–Kier alpha value is -3.43. The van der Waals surface area contributed by atoms with Gasteiger partial charge < -0.3 is 10.6 Å². The highest BCUT2D eigenvalue weighted by molar-refractivity contribution is 7.92. The Labute approximate surface area is 197 Å². The van der Waals surface area contributed by atoms with Crippen molar-refractivity contribution in [3.63, 3.8) is 0 Å². The van der Waals surface area contributed by atoms with E-state index in [0.29, 0.717) is 10.7 Å². The van der Waals surface area contributed by atoms with Crippen molar-refractivity contribution in [3.8, 4) is 0 Å². The molecule has 0 aliphatic carbocycles. The smallest absolute Gasteiger partial charge is 0.253 e. The van der Waals surface area contributed by atoms with Crippen LogP contribution >= 0.6 is 11.6 Å². The van der Waals surface area contributed by atoms with Gasteiger partial charge in [-0.05, 0) is 55.0 Å². The second kappa shape index (κ2) is 10.5. The van der Waals surface area contributed by atoms with Crippen LogP contribution in [0, 0.1) is 0 Å². The monoisotopic (exact) mass is 486 g/mol. The van der Waals surface area contributed by atoms with E-state index in [1.807, 2.05) is 6.07 Å². The summed E-state index contributed by atoms with van der Waals surface area (Å²) in [6.45, 7) is 1.74. The summed E-state index contributed by atoms with van der Waals surface area (Å²) >= 11 is 5.90. The minimum absolute atomic E-state index is 0.249. The number of pyridine rings is 1. The Morgan fingerprint density at radius 1 is 1.06 bits per heavy atom. The number of aromatic nitrogens is 1. The maximum absolute atomic E-state index is 13.0. The topological polar surface area (TPSA) is 108 Å². The van der Waals surface area contributed by atoms with E-state index in [2.05, 4.69) is 15.6 Å². The van der Waals surface area contributed by atoms with Crippen molar-refractivity contribution >= 4 is 44.8 Å². The quantitative estimate of drug-likeness (QED) is 0.507. The lowest BCUT2D eigenvalue weighted by atomic mass is 10.1. The number of halogens is 1. The zero-order valence-electron chi connectivity index (χ0n) is 18.0. The van der Waals surface area contributed by atoms with Gasteiger partial charge in [-0.1, -0.05) is 29.8 Å². The third-order valence-electron chi connectivity index (χ3n) is 4.78. The molecule has 0 bridgehead atoms. The third kappa shape index (κ3) is 6.30. The van der Waals surface area contributed by atoms with E-state index in [4.69, 9.17) is 11.6 Å². The van der Waals surface area contributed by atoms with Gasteiger partial charge in [0.1, 0.15) is 6.04 Å². The van der Waals surface area contributed by atoms with Gasteiger partial charge in [-0.25, -0.2) is 8.42 Å². The average Bonchev–Trinajstić information content (AvgIpc) is 2.79. The number of carbonyl (C=O) groups excluding carboxylic acids is 2. The van der Waals surface area contributed by atoms with E-state index in [0.717, 1.165) is 16.1 Å². The Kier molecular flexibility index (Phi) is 7.67. The van der Waals surface area contributed by atoms with Crippen LogP contribution in [0.3, 0.4) is 0 Å². The van der Waals surface area contributed by atoms with Crippen LogP contribution < -0.4 is 14.9 Å². The fourth-order valence-corrected chi connectivity index (χ4v) is 4.51. The molecule has 2 N–H and O–H groups in total. The van der Waals surface area contributed by atoms with Gasteiger partial charge in [0.15, 0.2) is 0 Å². The highest BCUT2D eigenvalue weighted by Crippen LogP contribution is 2.24. The molecule has 0 unspecified atom stereocenters. The molecule has 10 heteroatoms. The lowest BCUT2D eigenvalue weighted by molar-refractivity contribution is -0.116. The van der Waals surface area contributed by atoms with Crippen LogP contribution in [0.4, 0.5) is 11.4 Å². The highest BCUT2D eigenvalue weighted by atomic mass is 35.5. The van der Waals surface area contributed by atoms with E-state index >= 15 is 0 Å². The van der Waals surface area contributed by atoms with Gasteiger partial charge in [-0.2, -0.15) is 0 Å². The molecule has 0 radical (unpaired) electrons. The van der Waals surface area contributed by atoms with E-state index in [1.165, 1.54) is 19.1 Å². The molecule has 172 valence electrons. The number of para-hydroxylation sites is 1. The number of hydrogen-bond acceptors (Lipinski definition) is 5. The van der Waals surface area contributed by atoms with Crippen LogP contribution in [0.15, 0.2) is 73.1 Å². The Bertz CT molecular complexity index is 1230. The van der Waals surface area contributed by atoms with Crippen LogP contribution in [-0.2, 0) is 21.4 Å².